The van der Waals surface area contributed by atoms with Crippen molar-refractivity contribution in [1.29, 1.82) is 0 Å². The van der Waals surface area contributed by atoms with Crippen molar-refractivity contribution in [3.8, 4) is 17.2 Å². The molecule has 2 N–H and O–H groups in total. The van der Waals surface area contributed by atoms with Gasteiger partial charge in [-0.2, -0.15) is 0 Å². The summed E-state index contributed by atoms with van der Waals surface area (Å²) < 4.78 is 9.89. The van der Waals surface area contributed by atoms with E-state index >= 15 is 0 Å². The van der Waals surface area contributed by atoms with Gasteiger partial charge in [0.05, 0.1) is 19.3 Å². The number of phenolic OH excluding ortho intramolecular Hbond substituents is 2. The number of hydrogen-bond acceptors (Lipinski definition) is 5. The molecule has 1 rings (SSSR count). The number of phenols is 2. The summed E-state index contributed by atoms with van der Waals surface area (Å²) >= 11 is 0. The average Bonchev–Trinajstić information content (AvgIpc) is 2.47. The number of unbranched alkanes of at least 4 members (excludes halogenated alkanes) is 4. The van der Waals surface area contributed by atoms with Crippen molar-refractivity contribution in [2.24, 2.45) is 0 Å². The van der Waals surface area contributed by atoms with Crippen LogP contribution in [0.25, 0.3) is 0 Å². The van der Waals surface area contributed by atoms with E-state index < -0.39 is 5.97 Å². The fraction of sp³-hybridized carbons (Fsp3) is 0.438. The van der Waals surface area contributed by atoms with Crippen molar-refractivity contribution in [3.05, 3.63) is 30.4 Å². The minimum absolute atomic E-state index is 0.00579. The first-order valence-electron chi connectivity index (χ1n) is 6.98. The molecule has 0 atom stereocenters. The summed E-state index contributed by atoms with van der Waals surface area (Å²) in [6.45, 7) is 4.06. The average molecular weight is 294 g/mol. The van der Waals surface area contributed by atoms with Gasteiger partial charge in [-0.15, -0.1) is 6.58 Å². The van der Waals surface area contributed by atoms with Crippen LogP contribution in [0.2, 0.25) is 0 Å². The summed E-state index contributed by atoms with van der Waals surface area (Å²) in [6, 6.07) is 2.43. The lowest BCUT2D eigenvalue weighted by Gasteiger charge is -2.11. The van der Waals surface area contributed by atoms with Crippen LogP contribution < -0.4 is 4.74 Å². The number of allylic oxidation sites excluding steroid dienone is 1. The van der Waals surface area contributed by atoms with Crippen molar-refractivity contribution in [3.63, 3.8) is 0 Å². The van der Waals surface area contributed by atoms with Gasteiger partial charge in [-0.05, 0) is 31.4 Å². The molecule has 1 aromatic rings. The highest BCUT2D eigenvalue weighted by Crippen LogP contribution is 2.37. The number of esters is 1. The zero-order valence-corrected chi connectivity index (χ0v) is 12.3. The molecular weight excluding hydrogens is 272 g/mol. The molecule has 1 aromatic carbocycles. The predicted molar refractivity (Wildman–Crippen MR) is 79.9 cm³/mol. The third-order valence-electron chi connectivity index (χ3n) is 3.02. The smallest absolute Gasteiger partial charge is 0.338 e. The lowest BCUT2D eigenvalue weighted by atomic mass is 10.1. The lowest BCUT2D eigenvalue weighted by molar-refractivity contribution is 0.0599. The number of carbonyl (C=O) groups excluding carboxylic acids is 1. The topological polar surface area (TPSA) is 76.0 Å². The van der Waals surface area contributed by atoms with Gasteiger partial charge in [0.15, 0.2) is 11.5 Å². The van der Waals surface area contributed by atoms with Gasteiger partial charge in [-0.3, -0.25) is 0 Å². The molecule has 5 nitrogen and oxygen atoms in total. The monoisotopic (exact) mass is 294 g/mol. The standard InChI is InChI=1S/C16H22O5/c1-3-4-5-6-7-8-9-21-15-13(17)10-12(11-14(15)18)16(19)20-2/h3,10-11,17-18H,1,4-9H2,2H3. The molecule has 5 heteroatoms. The molecule has 116 valence electrons. The van der Waals surface area contributed by atoms with Gasteiger partial charge in [0, 0.05) is 0 Å². The number of ether oxygens (including phenoxy) is 2. The van der Waals surface area contributed by atoms with E-state index in [1.807, 2.05) is 6.08 Å². The molecule has 0 aliphatic carbocycles. The van der Waals surface area contributed by atoms with Gasteiger partial charge in [-0.25, -0.2) is 4.79 Å². The number of hydrogen-bond donors (Lipinski definition) is 2. The van der Waals surface area contributed by atoms with Gasteiger partial charge in [0.1, 0.15) is 0 Å². The number of carbonyl (C=O) groups is 1. The van der Waals surface area contributed by atoms with Crippen molar-refractivity contribution in [2.45, 2.75) is 32.1 Å². The molecule has 0 aromatic heterocycles. The first-order valence-corrected chi connectivity index (χ1v) is 6.98. The van der Waals surface area contributed by atoms with E-state index in [2.05, 4.69) is 11.3 Å². The van der Waals surface area contributed by atoms with Crippen LogP contribution in [0.3, 0.4) is 0 Å². The molecule has 0 unspecified atom stereocenters. The van der Waals surface area contributed by atoms with Gasteiger partial charge < -0.3 is 19.7 Å². The molecule has 0 aliphatic heterocycles. The predicted octanol–water partition coefficient (Wildman–Crippen LogP) is 3.40. The number of benzene rings is 1. The van der Waals surface area contributed by atoms with Crippen LogP contribution in [-0.4, -0.2) is 29.9 Å². The molecule has 0 radical (unpaired) electrons. The van der Waals surface area contributed by atoms with E-state index in [4.69, 9.17) is 4.74 Å². The van der Waals surface area contributed by atoms with E-state index in [0.29, 0.717) is 6.61 Å². The summed E-state index contributed by atoms with van der Waals surface area (Å²) in [5, 5.41) is 19.6. The van der Waals surface area contributed by atoms with Crippen molar-refractivity contribution in [1.82, 2.24) is 0 Å². The Morgan fingerprint density at radius 1 is 1.19 bits per heavy atom. The van der Waals surface area contributed by atoms with Crippen molar-refractivity contribution < 1.29 is 24.5 Å². The maximum atomic E-state index is 11.3. The highest BCUT2D eigenvalue weighted by Gasteiger charge is 2.15. The fourth-order valence-electron chi connectivity index (χ4n) is 1.90. The molecule has 0 saturated carbocycles. The Labute approximate surface area is 124 Å². The van der Waals surface area contributed by atoms with E-state index in [-0.39, 0.29) is 22.8 Å². The molecule has 0 amide bonds. The fourth-order valence-corrected chi connectivity index (χ4v) is 1.90. The molecule has 0 aliphatic rings. The van der Waals surface area contributed by atoms with Gasteiger partial charge in [0.2, 0.25) is 5.75 Å². The molecule has 0 saturated heterocycles. The summed E-state index contributed by atoms with van der Waals surface area (Å²) in [4.78, 5) is 11.3. The molecule has 0 bridgehead atoms. The van der Waals surface area contributed by atoms with Crippen LogP contribution in [-0.2, 0) is 4.74 Å². The quantitative estimate of drug-likeness (QED) is 0.415. The van der Waals surface area contributed by atoms with E-state index in [0.717, 1.165) is 32.1 Å². The zero-order chi connectivity index (χ0) is 15.7. The van der Waals surface area contributed by atoms with E-state index in [1.54, 1.807) is 0 Å². The SMILES string of the molecule is C=CCCCCCCOc1c(O)cc(C(=O)OC)cc1O. The zero-order valence-electron chi connectivity index (χ0n) is 12.3. The number of aromatic hydroxyl groups is 2. The Balaban J connectivity index is 2.48. The van der Waals surface area contributed by atoms with Crippen molar-refractivity contribution >= 4 is 5.97 Å². The molecule has 0 spiro atoms. The van der Waals surface area contributed by atoms with Gasteiger partial charge in [-0.1, -0.05) is 18.9 Å². The summed E-state index contributed by atoms with van der Waals surface area (Å²) in [5.74, 6) is -1.19. The van der Waals surface area contributed by atoms with Gasteiger partial charge >= 0.3 is 5.97 Å². The summed E-state index contributed by atoms with van der Waals surface area (Å²) in [7, 11) is 1.23. The van der Waals surface area contributed by atoms with Crippen molar-refractivity contribution in [2.75, 3.05) is 13.7 Å². The van der Waals surface area contributed by atoms with Gasteiger partial charge in [0.25, 0.3) is 0 Å². The largest absolute Gasteiger partial charge is 0.504 e. The minimum Gasteiger partial charge on any atom is -0.504 e. The first kappa shape index (κ1) is 16.9. The molecule has 21 heavy (non-hydrogen) atoms. The lowest BCUT2D eigenvalue weighted by Crippen LogP contribution is -2.03. The number of methoxy groups -OCH3 is 1. The normalized spacial score (nSPS) is 10.1. The third kappa shape index (κ3) is 5.38. The van der Waals surface area contributed by atoms with Crippen LogP contribution in [0.1, 0.15) is 42.5 Å². The Morgan fingerprint density at radius 2 is 1.81 bits per heavy atom. The third-order valence-corrected chi connectivity index (χ3v) is 3.02. The van der Waals surface area contributed by atoms with E-state index in [9.17, 15) is 15.0 Å². The van der Waals surface area contributed by atoms with Crippen LogP contribution in [0.4, 0.5) is 0 Å². The highest BCUT2D eigenvalue weighted by atomic mass is 16.5. The minimum atomic E-state index is -0.630. The second-order valence-electron chi connectivity index (χ2n) is 4.68. The Morgan fingerprint density at radius 3 is 2.38 bits per heavy atom. The summed E-state index contributed by atoms with van der Waals surface area (Å²) in [6.07, 6.45) is 6.94. The highest BCUT2D eigenvalue weighted by molar-refractivity contribution is 5.91. The van der Waals surface area contributed by atoms with Crippen LogP contribution in [0.15, 0.2) is 24.8 Å². The van der Waals surface area contributed by atoms with Crippen LogP contribution in [0, 0.1) is 0 Å². The van der Waals surface area contributed by atoms with Crippen LogP contribution >= 0.6 is 0 Å². The number of rotatable bonds is 9. The molecule has 0 heterocycles. The molecular formula is C16H22O5. The Bertz CT molecular complexity index is 459. The summed E-state index contributed by atoms with van der Waals surface area (Å²) in [5.41, 5.74) is 0.0734. The maximum absolute atomic E-state index is 11.3. The Hall–Kier alpha value is -2.17. The first-order chi connectivity index (χ1) is 10.1. The second kappa shape index (κ2) is 8.89. The van der Waals surface area contributed by atoms with Crippen LogP contribution in [0.5, 0.6) is 17.2 Å². The molecule has 0 fully saturated rings. The van der Waals surface area contributed by atoms with E-state index in [1.165, 1.54) is 19.2 Å². The maximum Gasteiger partial charge on any atom is 0.338 e. The Kier molecular flexibility index (Phi) is 7.15. The second-order valence-corrected chi connectivity index (χ2v) is 4.68.